The number of carbonyl (C=O) groups excluding carboxylic acids is 1. The third-order valence-electron chi connectivity index (χ3n) is 4.23. The van der Waals surface area contributed by atoms with E-state index in [1.54, 1.807) is 18.4 Å². The Morgan fingerprint density at radius 3 is 2.75 bits per heavy atom. The molecule has 2 aromatic rings. The smallest absolute Gasteiger partial charge is 0.254 e. The summed E-state index contributed by atoms with van der Waals surface area (Å²) in [7, 11) is 1.63. The number of ether oxygens (including phenoxy) is 1. The van der Waals surface area contributed by atoms with Crippen LogP contribution >= 0.6 is 11.3 Å². The highest BCUT2D eigenvalue weighted by atomic mass is 32.1. The highest BCUT2D eigenvalue weighted by molar-refractivity contribution is 7.08. The Morgan fingerprint density at radius 2 is 2.04 bits per heavy atom. The molecule has 0 N–H and O–H groups in total. The highest BCUT2D eigenvalue weighted by Crippen LogP contribution is 2.26. The zero-order valence-electron chi connectivity index (χ0n) is 14.3. The van der Waals surface area contributed by atoms with Gasteiger partial charge in [-0.3, -0.25) is 4.79 Å². The SMILES string of the molecule is COc1nc(C)nc(N2CCCN(C(=O)c3ccsc3)CC2)c1C. The maximum absolute atomic E-state index is 12.5. The minimum Gasteiger partial charge on any atom is -0.481 e. The number of aromatic nitrogens is 2. The zero-order chi connectivity index (χ0) is 17.1. The standard InChI is InChI=1S/C17H22N4O2S/c1-12-15(18-13(2)19-16(12)23-3)20-6-4-7-21(9-8-20)17(22)14-5-10-24-11-14/h5,10-11H,4,6-9H2,1-3H3. The fourth-order valence-corrected chi connectivity index (χ4v) is 3.63. The van der Waals surface area contributed by atoms with E-state index in [0.717, 1.165) is 43.0 Å². The summed E-state index contributed by atoms with van der Waals surface area (Å²) < 4.78 is 5.36. The molecule has 6 nitrogen and oxygen atoms in total. The first kappa shape index (κ1) is 16.7. The van der Waals surface area contributed by atoms with Gasteiger partial charge in [-0.1, -0.05) is 0 Å². The molecular weight excluding hydrogens is 324 g/mol. The van der Waals surface area contributed by atoms with Crippen LogP contribution in [0.3, 0.4) is 0 Å². The van der Waals surface area contributed by atoms with Crippen molar-refractivity contribution < 1.29 is 9.53 Å². The molecule has 7 heteroatoms. The Morgan fingerprint density at radius 1 is 1.21 bits per heavy atom. The minimum absolute atomic E-state index is 0.117. The van der Waals surface area contributed by atoms with Crippen LogP contribution in [-0.4, -0.2) is 54.1 Å². The van der Waals surface area contributed by atoms with Gasteiger partial charge in [0, 0.05) is 31.6 Å². The molecule has 128 valence electrons. The van der Waals surface area contributed by atoms with Crippen LogP contribution in [0.25, 0.3) is 0 Å². The van der Waals surface area contributed by atoms with Crippen molar-refractivity contribution in [1.82, 2.24) is 14.9 Å². The van der Waals surface area contributed by atoms with E-state index >= 15 is 0 Å². The average Bonchev–Trinajstić information content (AvgIpc) is 3.01. The van der Waals surface area contributed by atoms with Gasteiger partial charge in [-0.25, -0.2) is 4.98 Å². The van der Waals surface area contributed by atoms with Crippen LogP contribution in [0.1, 0.15) is 28.2 Å². The summed E-state index contributed by atoms with van der Waals surface area (Å²) in [6, 6.07) is 1.89. The first-order chi connectivity index (χ1) is 11.6. The molecule has 0 aliphatic carbocycles. The van der Waals surface area contributed by atoms with Crippen molar-refractivity contribution in [3.05, 3.63) is 33.8 Å². The number of hydrogen-bond donors (Lipinski definition) is 0. The number of thiophene rings is 1. The second-order valence-corrected chi connectivity index (χ2v) is 6.65. The molecule has 0 aromatic carbocycles. The number of carbonyl (C=O) groups is 1. The molecule has 2 aromatic heterocycles. The fraction of sp³-hybridized carbons (Fsp3) is 0.471. The maximum atomic E-state index is 12.5. The molecule has 1 aliphatic rings. The van der Waals surface area contributed by atoms with Crippen molar-refractivity contribution in [2.24, 2.45) is 0 Å². The number of aryl methyl sites for hydroxylation is 1. The Balaban J connectivity index is 1.76. The van der Waals surface area contributed by atoms with Crippen molar-refractivity contribution in [3.8, 4) is 5.88 Å². The average molecular weight is 346 g/mol. The fourth-order valence-electron chi connectivity index (χ4n) is 3.00. The summed E-state index contributed by atoms with van der Waals surface area (Å²) in [5.41, 5.74) is 1.73. The zero-order valence-corrected chi connectivity index (χ0v) is 15.1. The second-order valence-electron chi connectivity index (χ2n) is 5.87. The quantitative estimate of drug-likeness (QED) is 0.855. The van der Waals surface area contributed by atoms with E-state index in [1.165, 1.54) is 0 Å². The summed E-state index contributed by atoms with van der Waals surface area (Å²) in [6.07, 6.45) is 0.917. The van der Waals surface area contributed by atoms with Crippen LogP contribution in [0.4, 0.5) is 5.82 Å². The summed E-state index contributed by atoms with van der Waals surface area (Å²) in [5.74, 6) is 2.34. The van der Waals surface area contributed by atoms with Crippen molar-refractivity contribution in [1.29, 1.82) is 0 Å². The van der Waals surface area contributed by atoms with Gasteiger partial charge in [-0.2, -0.15) is 16.3 Å². The molecule has 1 aliphatic heterocycles. The lowest BCUT2D eigenvalue weighted by molar-refractivity contribution is 0.0767. The Hall–Kier alpha value is -2.15. The molecule has 0 spiro atoms. The number of nitrogens with zero attached hydrogens (tertiary/aromatic N) is 4. The summed E-state index contributed by atoms with van der Waals surface area (Å²) >= 11 is 1.55. The van der Waals surface area contributed by atoms with Gasteiger partial charge >= 0.3 is 0 Å². The van der Waals surface area contributed by atoms with Crippen LogP contribution in [0.2, 0.25) is 0 Å². The predicted octanol–water partition coefficient (Wildman–Crippen LogP) is 2.52. The summed E-state index contributed by atoms with van der Waals surface area (Å²) in [6.45, 7) is 6.94. The van der Waals surface area contributed by atoms with Gasteiger partial charge in [0.25, 0.3) is 5.91 Å². The molecule has 3 rings (SSSR count). The van der Waals surface area contributed by atoms with E-state index in [-0.39, 0.29) is 5.91 Å². The summed E-state index contributed by atoms with van der Waals surface area (Å²) in [5, 5.41) is 3.85. The molecule has 0 radical (unpaired) electrons. The van der Waals surface area contributed by atoms with Crippen LogP contribution < -0.4 is 9.64 Å². The van der Waals surface area contributed by atoms with Crippen LogP contribution in [0.15, 0.2) is 16.8 Å². The van der Waals surface area contributed by atoms with Crippen LogP contribution in [-0.2, 0) is 0 Å². The first-order valence-electron chi connectivity index (χ1n) is 8.06. The number of rotatable bonds is 3. The van der Waals surface area contributed by atoms with Gasteiger partial charge in [-0.05, 0) is 31.7 Å². The third kappa shape index (κ3) is 3.36. The lowest BCUT2D eigenvalue weighted by Gasteiger charge is -2.24. The number of amides is 1. The lowest BCUT2D eigenvalue weighted by atomic mass is 10.2. The molecule has 24 heavy (non-hydrogen) atoms. The molecule has 0 atom stereocenters. The summed E-state index contributed by atoms with van der Waals surface area (Å²) in [4.78, 5) is 25.6. The highest BCUT2D eigenvalue weighted by Gasteiger charge is 2.23. The molecule has 1 fully saturated rings. The maximum Gasteiger partial charge on any atom is 0.254 e. The molecule has 0 unspecified atom stereocenters. The lowest BCUT2D eigenvalue weighted by Crippen LogP contribution is -2.35. The minimum atomic E-state index is 0.117. The monoisotopic (exact) mass is 346 g/mol. The van der Waals surface area contributed by atoms with Gasteiger partial charge < -0.3 is 14.5 Å². The van der Waals surface area contributed by atoms with Gasteiger partial charge in [0.1, 0.15) is 11.6 Å². The largest absolute Gasteiger partial charge is 0.481 e. The number of anilines is 1. The third-order valence-corrected chi connectivity index (χ3v) is 4.91. The van der Waals surface area contributed by atoms with Crippen LogP contribution in [0.5, 0.6) is 5.88 Å². The topological polar surface area (TPSA) is 58.6 Å². The van der Waals surface area contributed by atoms with E-state index in [0.29, 0.717) is 18.2 Å². The van der Waals surface area contributed by atoms with Gasteiger partial charge in [0.15, 0.2) is 0 Å². The van der Waals surface area contributed by atoms with E-state index in [4.69, 9.17) is 4.74 Å². The van der Waals surface area contributed by atoms with Gasteiger partial charge in [-0.15, -0.1) is 0 Å². The molecule has 1 amide bonds. The van der Waals surface area contributed by atoms with Crippen molar-refractivity contribution in [3.63, 3.8) is 0 Å². The van der Waals surface area contributed by atoms with E-state index in [1.807, 2.05) is 35.6 Å². The van der Waals surface area contributed by atoms with Crippen LogP contribution in [0, 0.1) is 13.8 Å². The van der Waals surface area contributed by atoms with Gasteiger partial charge in [0.05, 0.1) is 18.2 Å². The van der Waals surface area contributed by atoms with Gasteiger partial charge in [0.2, 0.25) is 5.88 Å². The second kappa shape index (κ2) is 7.17. The van der Waals surface area contributed by atoms with E-state index in [9.17, 15) is 4.79 Å². The van der Waals surface area contributed by atoms with Crippen molar-refractivity contribution in [2.45, 2.75) is 20.3 Å². The van der Waals surface area contributed by atoms with Crippen molar-refractivity contribution >= 4 is 23.1 Å². The normalized spacial score (nSPS) is 15.3. The Labute approximate surface area is 146 Å². The first-order valence-corrected chi connectivity index (χ1v) is 9.00. The number of hydrogen-bond acceptors (Lipinski definition) is 6. The number of methoxy groups -OCH3 is 1. The van der Waals surface area contributed by atoms with E-state index < -0.39 is 0 Å². The molecule has 3 heterocycles. The van der Waals surface area contributed by atoms with E-state index in [2.05, 4.69) is 14.9 Å². The molecule has 0 bridgehead atoms. The molecular formula is C17H22N4O2S. The Kier molecular flexibility index (Phi) is 4.99. The molecule has 1 saturated heterocycles. The Bertz CT molecular complexity index is 718. The predicted molar refractivity (Wildman–Crippen MR) is 95.1 cm³/mol. The molecule has 0 saturated carbocycles. The van der Waals surface area contributed by atoms with Crippen molar-refractivity contribution in [2.75, 3.05) is 38.2 Å².